The highest BCUT2D eigenvalue weighted by atomic mass is 16.5. The molecule has 1 aliphatic heterocycles. The first-order chi connectivity index (χ1) is 15.8. The maximum absolute atomic E-state index is 12.3. The lowest BCUT2D eigenvalue weighted by molar-refractivity contribution is -0.159. The fraction of sp³-hybridized carbons (Fsp3) is 0.462. The van der Waals surface area contributed by atoms with E-state index in [1.807, 2.05) is 49.4 Å². The highest BCUT2D eigenvalue weighted by Gasteiger charge is 2.43. The molecule has 0 radical (unpaired) electrons. The number of carboxylic acids is 1. The van der Waals surface area contributed by atoms with Crippen molar-refractivity contribution in [1.82, 2.24) is 5.32 Å². The van der Waals surface area contributed by atoms with Crippen LogP contribution in [0, 0.1) is 0 Å². The van der Waals surface area contributed by atoms with Gasteiger partial charge in [-0.25, -0.2) is 9.59 Å². The van der Waals surface area contributed by atoms with E-state index in [0.717, 1.165) is 23.1 Å². The SMILES string of the molecule is CCOc1ccc(CC2(C(=O)O)CCCO2)cc1CNC(=O)OCc1ccc(C(C)C)cc1. The molecule has 33 heavy (non-hydrogen) atoms. The molecule has 1 aliphatic rings. The number of hydrogen-bond acceptors (Lipinski definition) is 5. The molecule has 0 bridgehead atoms. The molecule has 0 aliphatic carbocycles. The molecule has 1 atom stereocenters. The molecule has 0 saturated carbocycles. The van der Waals surface area contributed by atoms with E-state index < -0.39 is 17.7 Å². The molecule has 1 heterocycles. The molecule has 1 unspecified atom stereocenters. The van der Waals surface area contributed by atoms with E-state index in [1.54, 1.807) is 0 Å². The average molecular weight is 456 g/mol. The summed E-state index contributed by atoms with van der Waals surface area (Å²) >= 11 is 0. The molecule has 0 spiro atoms. The van der Waals surface area contributed by atoms with Gasteiger partial charge in [-0.2, -0.15) is 0 Å². The van der Waals surface area contributed by atoms with Crippen LogP contribution < -0.4 is 10.1 Å². The number of aliphatic carboxylic acids is 1. The number of ether oxygens (including phenoxy) is 3. The lowest BCUT2D eigenvalue weighted by Crippen LogP contribution is -2.40. The van der Waals surface area contributed by atoms with E-state index in [0.29, 0.717) is 31.3 Å². The molecule has 2 aromatic carbocycles. The molecule has 1 saturated heterocycles. The van der Waals surface area contributed by atoms with Gasteiger partial charge in [0.25, 0.3) is 0 Å². The Balaban J connectivity index is 1.61. The summed E-state index contributed by atoms with van der Waals surface area (Å²) in [6, 6.07) is 13.5. The lowest BCUT2D eigenvalue weighted by Gasteiger charge is -2.24. The first-order valence-corrected chi connectivity index (χ1v) is 11.4. The van der Waals surface area contributed by atoms with Crippen LogP contribution >= 0.6 is 0 Å². The predicted molar refractivity (Wildman–Crippen MR) is 124 cm³/mol. The molecule has 0 aromatic heterocycles. The van der Waals surface area contributed by atoms with Gasteiger partial charge in [0.05, 0.1) is 6.61 Å². The number of nitrogens with one attached hydrogen (secondary N) is 1. The van der Waals surface area contributed by atoms with Crippen LogP contribution in [0.3, 0.4) is 0 Å². The summed E-state index contributed by atoms with van der Waals surface area (Å²) in [5.74, 6) is 0.144. The van der Waals surface area contributed by atoms with E-state index in [9.17, 15) is 14.7 Å². The molecule has 1 amide bonds. The third-order valence-electron chi connectivity index (χ3n) is 5.85. The number of carbonyl (C=O) groups excluding carboxylic acids is 1. The Bertz CT molecular complexity index is 948. The Labute approximate surface area is 195 Å². The zero-order chi connectivity index (χ0) is 23.8. The number of carbonyl (C=O) groups is 2. The van der Waals surface area contributed by atoms with Crippen LogP contribution in [0.5, 0.6) is 5.75 Å². The largest absolute Gasteiger partial charge is 0.494 e. The summed E-state index contributed by atoms with van der Waals surface area (Å²) in [4.78, 5) is 24.1. The summed E-state index contributed by atoms with van der Waals surface area (Å²) < 4.78 is 16.6. The van der Waals surface area contributed by atoms with E-state index in [1.165, 1.54) is 5.56 Å². The van der Waals surface area contributed by atoms with Crippen LogP contribution in [0.25, 0.3) is 0 Å². The minimum atomic E-state index is -1.19. The van der Waals surface area contributed by atoms with Crippen LogP contribution in [0.15, 0.2) is 42.5 Å². The number of hydrogen-bond donors (Lipinski definition) is 2. The van der Waals surface area contributed by atoms with Gasteiger partial charge < -0.3 is 24.6 Å². The highest BCUT2D eigenvalue weighted by molar-refractivity contribution is 5.78. The van der Waals surface area contributed by atoms with E-state index in [-0.39, 0.29) is 19.6 Å². The fourth-order valence-corrected chi connectivity index (χ4v) is 3.95. The van der Waals surface area contributed by atoms with Crippen molar-refractivity contribution in [2.75, 3.05) is 13.2 Å². The Kier molecular flexibility index (Phi) is 8.33. The lowest BCUT2D eigenvalue weighted by atomic mass is 9.91. The zero-order valence-electron chi connectivity index (χ0n) is 19.6. The Morgan fingerprint density at radius 1 is 1.15 bits per heavy atom. The molecule has 2 N–H and O–H groups in total. The Morgan fingerprint density at radius 2 is 1.88 bits per heavy atom. The number of benzene rings is 2. The highest BCUT2D eigenvalue weighted by Crippen LogP contribution is 2.31. The predicted octanol–water partition coefficient (Wildman–Crippen LogP) is 4.81. The van der Waals surface area contributed by atoms with Crippen LogP contribution in [0.4, 0.5) is 4.79 Å². The maximum atomic E-state index is 12.3. The van der Waals surface area contributed by atoms with Gasteiger partial charge in [0.2, 0.25) is 0 Å². The van der Waals surface area contributed by atoms with Crippen LogP contribution in [-0.2, 0) is 33.8 Å². The topological polar surface area (TPSA) is 94.1 Å². The first kappa shape index (κ1) is 24.6. The van der Waals surface area contributed by atoms with Crippen LogP contribution in [0.2, 0.25) is 0 Å². The quantitative estimate of drug-likeness (QED) is 0.534. The summed E-state index contributed by atoms with van der Waals surface area (Å²) in [7, 11) is 0. The van der Waals surface area contributed by atoms with Crippen molar-refractivity contribution in [1.29, 1.82) is 0 Å². The summed E-state index contributed by atoms with van der Waals surface area (Å²) in [5.41, 5.74) is 2.53. The van der Waals surface area contributed by atoms with Crippen molar-refractivity contribution >= 4 is 12.1 Å². The minimum absolute atomic E-state index is 0.182. The molecular formula is C26H33NO6. The van der Waals surface area contributed by atoms with Gasteiger partial charge in [0.1, 0.15) is 12.4 Å². The Hall–Kier alpha value is -3.06. The van der Waals surface area contributed by atoms with Gasteiger partial charge >= 0.3 is 12.1 Å². The maximum Gasteiger partial charge on any atom is 0.407 e. The Morgan fingerprint density at radius 3 is 2.48 bits per heavy atom. The first-order valence-electron chi connectivity index (χ1n) is 11.4. The normalized spacial score (nSPS) is 17.7. The van der Waals surface area contributed by atoms with E-state index >= 15 is 0 Å². The second-order valence-corrected chi connectivity index (χ2v) is 8.63. The van der Waals surface area contributed by atoms with Crippen molar-refractivity contribution < 1.29 is 28.9 Å². The van der Waals surface area contributed by atoms with Crippen LogP contribution in [0.1, 0.15) is 61.8 Å². The summed E-state index contributed by atoms with van der Waals surface area (Å²) in [5, 5.41) is 12.4. The molecule has 7 heteroatoms. The van der Waals surface area contributed by atoms with Gasteiger partial charge in [-0.15, -0.1) is 0 Å². The zero-order valence-corrected chi connectivity index (χ0v) is 19.6. The number of carboxylic acid groups (broad SMARTS) is 1. The monoisotopic (exact) mass is 455 g/mol. The van der Waals surface area contributed by atoms with E-state index in [4.69, 9.17) is 14.2 Å². The molecule has 178 valence electrons. The second-order valence-electron chi connectivity index (χ2n) is 8.63. The van der Waals surface area contributed by atoms with Gasteiger partial charge in [-0.05, 0) is 48.4 Å². The number of rotatable bonds is 10. The molecule has 2 aromatic rings. The average Bonchev–Trinajstić information content (AvgIpc) is 3.28. The number of amides is 1. The smallest absolute Gasteiger partial charge is 0.407 e. The van der Waals surface area contributed by atoms with Crippen molar-refractivity contribution in [2.24, 2.45) is 0 Å². The summed E-state index contributed by atoms with van der Waals surface area (Å²) in [6.45, 7) is 7.46. The molecule has 3 rings (SSSR count). The van der Waals surface area contributed by atoms with Crippen molar-refractivity contribution in [3.05, 3.63) is 64.7 Å². The number of alkyl carbamates (subject to hydrolysis) is 1. The molecule has 7 nitrogen and oxygen atoms in total. The van der Waals surface area contributed by atoms with Crippen LogP contribution in [-0.4, -0.2) is 36.0 Å². The summed E-state index contributed by atoms with van der Waals surface area (Å²) in [6.07, 6.45) is 0.938. The van der Waals surface area contributed by atoms with Gasteiger partial charge in [0.15, 0.2) is 5.60 Å². The molecular weight excluding hydrogens is 422 g/mol. The van der Waals surface area contributed by atoms with Crippen molar-refractivity contribution in [3.63, 3.8) is 0 Å². The van der Waals surface area contributed by atoms with E-state index in [2.05, 4.69) is 19.2 Å². The minimum Gasteiger partial charge on any atom is -0.494 e. The standard InChI is InChI=1S/C26H33NO6/c1-4-31-23-11-8-20(15-26(24(28)29)12-5-13-33-26)14-22(23)16-27-25(30)32-17-19-6-9-21(10-7-19)18(2)3/h6-11,14,18H,4-5,12-13,15-17H2,1-3H3,(H,27,30)(H,28,29). The van der Waals surface area contributed by atoms with Gasteiger partial charge in [-0.1, -0.05) is 50.2 Å². The van der Waals surface area contributed by atoms with Gasteiger partial charge in [0, 0.05) is 25.1 Å². The third-order valence-corrected chi connectivity index (χ3v) is 5.85. The second kappa shape index (κ2) is 11.2. The van der Waals surface area contributed by atoms with Crippen molar-refractivity contribution in [3.8, 4) is 5.75 Å². The molecule has 1 fully saturated rings. The third kappa shape index (κ3) is 6.48. The van der Waals surface area contributed by atoms with Crippen molar-refractivity contribution in [2.45, 2.75) is 64.7 Å². The fourth-order valence-electron chi connectivity index (χ4n) is 3.95. The van der Waals surface area contributed by atoms with Gasteiger partial charge in [-0.3, -0.25) is 0 Å².